The van der Waals surface area contributed by atoms with Crippen LogP contribution >= 0.6 is 23.5 Å². The minimum absolute atomic E-state index is 0. The quantitative estimate of drug-likeness (QED) is 0.273. The molecule has 0 bridgehead atoms. The van der Waals surface area contributed by atoms with Crippen LogP contribution < -0.4 is 0 Å². The van der Waals surface area contributed by atoms with Gasteiger partial charge < -0.3 is 34.3 Å². The van der Waals surface area contributed by atoms with Gasteiger partial charge in [0.05, 0.1) is 0 Å². The average Bonchev–Trinajstić information content (AvgIpc) is 1.42. The molecule has 0 saturated heterocycles. The third kappa shape index (κ3) is 50.9. The van der Waals surface area contributed by atoms with Gasteiger partial charge in [-0.15, -0.1) is 0 Å². The molecule has 0 aromatic heterocycles. The fourth-order valence-electron chi connectivity index (χ4n) is 0.139. The zero-order valence-corrected chi connectivity index (χ0v) is 11.7. The molecule has 0 fully saturated rings. The van der Waals surface area contributed by atoms with E-state index in [1.807, 2.05) is 0 Å². The second-order valence-electron chi connectivity index (χ2n) is 1.58. The summed E-state index contributed by atoms with van der Waals surface area (Å²) in [6.45, 7) is 0. The van der Waals surface area contributed by atoms with Crippen LogP contribution in [-0.4, -0.2) is 34.3 Å². The first-order valence-corrected chi connectivity index (χ1v) is 6.94. The summed E-state index contributed by atoms with van der Waals surface area (Å²) in [5, 5.41) is 0. The molecule has 0 atom stereocenters. The molecule has 0 amide bonds. The van der Waals surface area contributed by atoms with E-state index in [0.29, 0.717) is 0 Å². The van der Waals surface area contributed by atoms with Gasteiger partial charge in [-0.05, 0) is 0 Å². The minimum atomic E-state index is -5.05. The number of phosphoric acid groups is 3. The van der Waals surface area contributed by atoms with Crippen molar-refractivity contribution in [3.8, 4) is 0 Å². The molecule has 0 radical (unpaired) electrons. The summed E-state index contributed by atoms with van der Waals surface area (Å²) in [5.74, 6) is 0. The van der Waals surface area contributed by atoms with Crippen molar-refractivity contribution < 1.29 is 78.5 Å². The molecule has 7 N–H and O–H groups in total. The van der Waals surface area contributed by atoms with E-state index in [9.17, 15) is 9.13 Å². The number of hydrogen-bond donors (Lipinski definition) is 7. The van der Waals surface area contributed by atoms with Crippen LogP contribution in [0.2, 0.25) is 0 Å². The summed E-state index contributed by atoms with van der Waals surface area (Å²) in [6.07, 6.45) is 0. The van der Waals surface area contributed by atoms with Gasteiger partial charge in [-0.1, -0.05) is 0 Å². The van der Waals surface area contributed by atoms with Gasteiger partial charge in [0, 0.05) is 26.2 Å². The summed E-state index contributed by atoms with van der Waals surface area (Å²) in [6, 6.07) is 0. The van der Waals surface area contributed by atoms with E-state index in [1.165, 1.54) is 0 Å². The van der Waals surface area contributed by atoms with Crippen LogP contribution in [0.25, 0.3) is 0 Å². The number of rotatable bonds is 2. The van der Waals surface area contributed by atoms with Gasteiger partial charge in [-0.3, -0.25) is 0 Å². The Hall–Kier alpha value is 1.25. The van der Waals surface area contributed by atoms with Crippen molar-refractivity contribution in [3.05, 3.63) is 0 Å². The van der Waals surface area contributed by atoms with Crippen LogP contribution in [0.15, 0.2) is 0 Å². The smallest absolute Gasteiger partial charge is 0.303 e. The van der Waals surface area contributed by atoms with Crippen LogP contribution in [0.4, 0.5) is 0 Å². The van der Waals surface area contributed by atoms with Gasteiger partial charge in [-0.2, -0.15) is 4.31 Å². The van der Waals surface area contributed by atoms with E-state index in [2.05, 4.69) is 4.31 Å². The van der Waals surface area contributed by atoms with Gasteiger partial charge in [0.2, 0.25) is 0 Å². The Morgan fingerprint density at radius 3 is 0.800 bits per heavy atom. The normalized spacial score (nSPS) is 12.2. The first kappa shape index (κ1) is 21.5. The molecular weight excluding hydrogens is 360 g/mol. The van der Waals surface area contributed by atoms with Crippen LogP contribution in [0.3, 0.4) is 0 Å². The van der Waals surface area contributed by atoms with Gasteiger partial charge in [-0.25, -0.2) is 13.7 Å². The Morgan fingerprint density at radius 2 is 0.800 bits per heavy atom. The molecule has 15 heteroatoms. The Morgan fingerprint density at radius 1 is 0.667 bits per heavy atom. The topological polar surface area (TPSA) is 202 Å². The Labute approximate surface area is 102 Å². The minimum Gasteiger partial charge on any atom is -0.303 e. The van der Waals surface area contributed by atoms with E-state index in [4.69, 9.17) is 38.8 Å². The van der Waals surface area contributed by atoms with Crippen LogP contribution in [0, 0.1) is 0 Å². The molecule has 92 valence electrons. The van der Waals surface area contributed by atoms with Crippen molar-refractivity contribution in [2.75, 3.05) is 0 Å². The van der Waals surface area contributed by atoms with E-state index in [0.717, 1.165) is 0 Å². The van der Waals surface area contributed by atoms with Crippen LogP contribution in [0.5, 0.6) is 0 Å². The maximum Gasteiger partial charge on any atom is 0.478 e. The number of hydrogen-bond acceptors (Lipinski definition) is 4. The maximum atomic E-state index is 9.63. The predicted octanol–water partition coefficient (Wildman–Crippen LogP) is -1.74. The van der Waals surface area contributed by atoms with E-state index in [1.54, 1.807) is 0 Å². The molecule has 0 heterocycles. The second-order valence-corrected chi connectivity index (χ2v) is 5.22. The van der Waals surface area contributed by atoms with Crippen molar-refractivity contribution in [3.63, 3.8) is 0 Å². The van der Waals surface area contributed by atoms with E-state index in [-0.39, 0.29) is 26.2 Å². The fourth-order valence-corrected chi connectivity index (χ4v) is 1.25. The van der Waals surface area contributed by atoms with Crippen molar-refractivity contribution in [1.82, 2.24) is 0 Å². The predicted molar refractivity (Wildman–Crippen MR) is 39.4 cm³/mol. The summed E-state index contributed by atoms with van der Waals surface area (Å²) in [4.78, 5) is 52.6. The second kappa shape index (κ2) is 7.55. The van der Waals surface area contributed by atoms with Crippen molar-refractivity contribution >= 4 is 23.5 Å². The molecule has 0 aromatic carbocycles. The molecule has 0 aliphatic carbocycles. The Kier molecular flexibility index (Phi) is 10.8. The summed E-state index contributed by atoms with van der Waals surface area (Å²) >= 11 is 0. The maximum absolute atomic E-state index is 9.63. The summed E-state index contributed by atoms with van der Waals surface area (Å²) in [7, 11) is -14.7. The average molecular weight is 367 g/mol. The van der Waals surface area contributed by atoms with Crippen LogP contribution in [0.1, 0.15) is 0 Å². The Bertz CT molecular complexity index is 259. The molecule has 11 nitrogen and oxygen atoms in total. The third-order valence-electron chi connectivity index (χ3n) is 0.213. The van der Waals surface area contributed by atoms with E-state index >= 15 is 0 Å². The van der Waals surface area contributed by atoms with Gasteiger partial charge in [0.1, 0.15) is 0 Å². The monoisotopic (exact) mass is 366 g/mol. The zero-order valence-electron chi connectivity index (χ0n) is 6.61. The van der Waals surface area contributed by atoms with Crippen molar-refractivity contribution in [2.45, 2.75) is 0 Å². The molecule has 0 aliphatic heterocycles. The summed E-state index contributed by atoms with van der Waals surface area (Å²) in [5.41, 5.74) is 0. The molecule has 0 saturated carbocycles. The summed E-state index contributed by atoms with van der Waals surface area (Å²) < 4.78 is 31.1. The standard InChI is InChI=1S/H4O7P2.H3O4P.Zr/c1-8(2,3)7-9(4,5)6;1-5(2,3)4;/h(H2,1,2,3)(H2,4,5,6);(H3,1,2,3,4);. The third-order valence-corrected chi connectivity index (χ3v) is 1.91. The van der Waals surface area contributed by atoms with Crippen molar-refractivity contribution in [1.29, 1.82) is 0 Å². The first-order chi connectivity index (χ1) is 5.71. The molecular formula is H7O11P3Zr. The zero-order chi connectivity index (χ0) is 12.2. The molecule has 15 heavy (non-hydrogen) atoms. The van der Waals surface area contributed by atoms with Crippen molar-refractivity contribution in [2.24, 2.45) is 0 Å². The van der Waals surface area contributed by atoms with Crippen LogP contribution in [-0.2, 0) is 44.2 Å². The first-order valence-electron chi connectivity index (χ1n) is 2.31. The van der Waals surface area contributed by atoms with Gasteiger partial charge in [0.25, 0.3) is 0 Å². The molecule has 0 rings (SSSR count). The van der Waals surface area contributed by atoms with Gasteiger partial charge >= 0.3 is 23.5 Å². The largest absolute Gasteiger partial charge is 0.478 e. The van der Waals surface area contributed by atoms with Gasteiger partial charge in [0.15, 0.2) is 0 Å². The SMILES string of the molecule is O=P(O)(O)O.O=P(O)(O)OP(=O)(O)O.[Zr]. The fraction of sp³-hybridized carbons (Fsp3) is 0. The van der Waals surface area contributed by atoms with E-state index < -0.39 is 23.5 Å². The molecule has 0 aromatic rings. The Balaban J connectivity index is -0.000000208. The molecule has 0 spiro atoms. The molecule has 0 unspecified atom stereocenters. The molecule has 0 aliphatic rings.